The summed E-state index contributed by atoms with van der Waals surface area (Å²) in [5.41, 5.74) is 10.6. The van der Waals surface area contributed by atoms with Gasteiger partial charge < -0.3 is 42.6 Å². The Hall–Kier alpha value is -1.95. The molecule has 0 radical (unpaired) electrons. The van der Waals surface area contributed by atoms with Gasteiger partial charge in [0.25, 0.3) is 5.91 Å². The highest BCUT2D eigenvalue weighted by Gasteiger charge is 2.21. The van der Waals surface area contributed by atoms with E-state index >= 15 is 0 Å². The highest BCUT2D eigenvalue weighted by molar-refractivity contribution is 5.86. The summed E-state index contributed by atoms with van der Waals surface area (Å²) in [5.74, 6) is -0.958. The minimum Gasteiger partial charge on any atom is -0.393 e. The fourth-order valence-electron chi connectivity index (χ4n) is 2.51. The van der Waals surface area contributed by atoms with Gasteiger partial charge in [-0.3, -0.25) is 15.0 Å². The number of carbonyl (C=O) groups is 2. The zero-order chi connectivity index (χ0) is 21.9. The van der Waals surface area contributed by atoms with Gasteiger partial charge in [-0.2, -0.15) is 0 Å². The fourth-order valence-corrected chi connectivity index (χ4v) is 2.51. The van der Waals surface area contributed by atoms with Crippen LogP contribution in [-0.4, -0.2) is 75.0 Å². The molecular weight excluding hydrogens is 378 g/mol. The van der Waals surface area contributed by atoms with Crippen molar-refractivity contribution in [3.05, 3.63) is 0 Å². The van der Waals surface area contributed by atoms with Crippen molar-refractivity contribution in [3.63, 3.8) is 0 Å². The minimum atomic E-state index is -1.09. The molecule has 29 heavy (non-hydrogen) atoms. The van der Waals surface area contributed by atoms with Gasteiger partial charge in [0.2, 0.25) is 12.1 Å². The fraction of sp³-hybridized carbons (Fsp3) is 0.833. The molecule has 0 spiro atoms. The van der Waals surface area contributed by atoms with Gasteiger partial charge >= 0.3 is 0 Å². The van der Waals surface area contributed by atoms with Crippen LogP contribution in [0.5, 0.6) is 0 Å². The number of guanidine groups is 1. The summed E-state index contributed by atoms with van der Waals surface area (Å²) in [6, 6.07) is 0. The van der Waals surface area contributed by atoms with Crippen LogP contribution in [0.15, 0.2) is 0 Å². The van der Waals surface area contributed by atoms with Gasteiger partial charge in [0.05, 0.1) is 12.5 Å². The van der Waals surface area contributed by atoms with Crippen LogP contribution in [0.3, 0.4) is 0 Å². The molecule has 0 fully saturated rings. The molecule has 0 heterocycles. The molecule has 2 amide bonds. The molecule has 0 aromatic heterocycles. The van der Waals surface area contributed by atoms with Gasteiger partial charge in [-0.15, -0.1) is 0 Å². The molecule has 0 bridgehead atoms. The van der Waals surface area contributed by atoms with Gasteiger partial charge in [0, 0.05) is 20.2 Å². The van der Waals surface area contributed by atoms with Crippen molar-refractivity contribution >= 4 is 17.8 Å². The summed E-state index contributed by atoms with van der Waals surface area (Å²) in [6.45, 7) is 3.46. The number of amides is 2. The lowest BCUT2D eigenvalue weighted by atomic mass is 10.1. The number of rotatable bonds is 18. The molecule has 0 saturated carbocycles. The van der Waals surface area contributed by atoms with Crippen molar-refractivity contribution in [1.82, 2.24) is 21.3 Å². The number of ether oxygens (including phenoxy) is 1. The Morgan fingerprint density at radius 1 is 1.03 bits per heavy atom. The standard InChI is InChI=1S/C18H39N7O4/c1-29-17(16(28)23-11-5-4-9-22-10-6-8-19)25-15(27)13-14(26)7-2-3-12-24-18(20)21/h14,17,22,26H,2-13,19H2,1H3,(H,23,28)(H,25,27)(H4,20,21,24). The quantitative estimate of drug-likeness (QED) is 0.0561. The van der Waals surface area contributed by atoms with Crippen molar-refractivity contribution in [3.8, 4) is 0 Å². The summed E-state index contributed by atoms with van der Waals surface area (Å²) in [4.78, 5) is 24.1. The third-order valence-electron chi connectivity index (χ3n) is 4.10. The number of hydrogen-bond acceptors (Lipinski definition) is 7. The lowest BCUT2D eigenvalue weighted by Gasteiger charge is -2.18. The van der Waals surface area contributed by atoms with Crippen molar-refractivity contribution in [2.24, 2.45) is 11.5 Å². The molecule has 11 heteroatoms. The Balaban J connectivity index is 3.90. The van der Waals surface area contributed by atoms with Crippen LogP contribution in [-0.2, 0) is 14.3 Å². The lowest BCUT2D eigenvalue weighted by molar-refractivity contribution is -0.139. The Bertz CT molecular complexity index is 465. The summed E-state index contributed by atoms with van der Waals surface area (Å²) in [5, 5.41) is 28.1. The van der Waals surface area contributed by atoms with E-state index in [-0.39, 0.29) is 12.4 Å². The van der Waals surface area contributed by atoms with Crippen LogP contribution in [0.4, 0.5) is 0 Å². The van der Waals surface area contributed by atoms with Crippen LogP contribution in [0.1, 0.15) is 44.9 Å². The average molecular weight is 418 g/mol. The maximum atomic E-state index is 12.1. The third kappa shape index (κ3) is 16.7. The van der Waals surface area contributed by atoms with E-state index in [1.165, 1.54) is 7.11 Å². The zero-order valence-electron chi connectivity index (χ0n) is 17.5. The van der Waals surface area contributed by atoms with Gasteiger partial charge in [0.15, 0.2) is 5.96 Å². The molecule has 0 saturated heterocycles. The van der Waals surface area contributed by atoms with E-state index in [0.717, 1.165) is 38.8 Å². The molecular formula is C18H39N7O4. The number of nitrogens with one attached hydrogen (secondary N) is 5. The van der Waals surface area contributed by atoms with Crippen LogP contribution in [0.25, 0.3) is 0 Å². The summed E-state index contributed by atoms with van der Waals surface area (Å²) < 4.78 is 5.03. The maximum absolute atomic E-state index is 12.1. The van der Waals surface area contributed by atoms with Crippen molar-refractivity contribution in [2.45, 2.75) is 57.3 Å². The lowest BCUT2D eigenvalue weighted by Crippen LogP contribution is -2.48. The average Bonchev–Trinajstić information content (AvgIpc) is 2.67. The monoisotopic (exact) mass is 417 g/mol. The Morgan fingerprint density at radius 2 is 1.66 bits per heavy atom. The minimum absolute atomic E-state index is 0.0898. The number of aliphatic hydroxyl groups is 1. The van der Waals surface area contributed by atoms with E-state index < -0.39 is 24.1 Å². The van der Waals surface area contributed by atoms with Crippen LogP contribution in [0, 0.1) is 5.41 Å². The third-order valence-corrected chi connectivity index (χ3v) is 4.10. The molecule has 11 nitrogen and oxygen atoms in total. The Morgan fingerprint density at radius 3 is 2.31 bits per heavy atom. The Kier molecular flexibility index (Phi) is 16.9. The molecule has 0 aliphatic heterocycles. The number of methoxy groups -OCH3 is 1. The first-order valence-corrected chi connectivity index (χ1v) is 10.2. The van der Waals surface area contributed by atoms with Crippen LogP contribution >= 0.6 is 0 Å². The molecule has 0 aliphatic carbocycles. The predicted octanol–water partition coefficient (Wildman–Crippen LogP) is -1.69. The molecule has 0 aromatic carbocycles. The number of carbonyl (C=O) groups excluding carboxylic acids is 2. The maximum Gasteiger partial charge on any atom is 0.270 e. The summed E-state index contributed by atoms with van der Waals surface area (Å²) in [6.07, 6.45) is 2.52. The molecule has 0 aliphatic rings. The topological polar surface area (TPSA) is 188 Å². The van der Waals surface area contributed by atoms with Crippen LogP contribution in [0.2, 0.25) is 0 Å². The molecule has 170 valence electrons. The van der Waals surface area contributed by atoms with E-state index in [9.17, 15) is 14.7 Å². The summed E-state index contributed by atoms with van der Waals surface area (Å²) >= 11 is 0. The molecule has 0 rings (SSSR count). The van der Waals surface area contributed by atoms with E-state index in [4.69, 9.17) is 21.6 Å². The number of aliphatic hydroxyl groups excluding tert-OH is 1. The first-order chi connectivity index (χ1) is 13.9. The van der Waals surface area contributed by atoms with Crippen molar-refractivity contribution < 1.29 is 19.4 Å². The highest BCUT2D eigenvalue weighted by atomic mass is 16.5. The summed E-state index contributed by atoms with van der Waals surface area (Å²) in [7, 11) is 1.34. The first kappa shape index (κ1) is 27.0. The number of unbranched alkanes of at least 4 members (excludes halogenated alkanes) is 2. The second-order valence-corrected chi connectivity index (χ2v) is 6.77. The van der Waals surface area contributed by atoms with E-state index in [1.807, 2.05) is 0 Å². The van der Waals surface area contributed by atoms with Crippen LogP contribution < -0.4 is 32.7 Å². The molecule has 0 aromatic rings. The van der Waals surface area contributed by atoms with Crippen molar-refractivity contribution in [2.75, 3.05) is 39.8 Å². The van der Waals surface area contributed by atoms with Gasteiger partial charge in [-0.25, -0.2) is 0 Å². The first-order valence-electron chi connectivity index (χ1n) is 10.2. The van der Waals surface area contributed by atoms with E-state index in [2.05, 4.69) is 21.3 Å². The van der Waals surface area contributed by atoms with E-state index in [0.29, 0.717) is 32.5 Å². The largest absolute Gasteiger partial charge is 0.393 e. The van der Waals surface area contributed by atoms with Gasteiger partial charge in [0.1, 0.15) is 0 Å². The number of hydrogen-bond donors (Lipinski definition) is 8. The second-order valence-electron chi connectivity index (χ2n) is 6.77. The predicted molar refractivity (Wildman–Crippen MR) is 112 cm³/mol. The van der Waals surface area contributed by atoms with Crippen molar-refractivity contribution in [1.29, 1.82) is 5.41 Å². The van der Waals surface area contributed by atoms with Gasteiger partial charge in [-0.05, 0) is 58.2 Å². The SMILES string of the molecule is COC(NC(=O)CC(O)CCCCNC(=N)N)C(=O)NCCCCNCCCN. The number of nitrogens with two attached hydrogens (primary N) is 2. The normalized spacial score (nSPS) is 12.8. The molecule has 10 N–H and O–H groups in total. The van der Waals surface area contributed by atoms with E-state index in [1.54, 1.807) is 0 Å². The Labute approximate surface area is 173 Å². The zero-order valence-corrected chi connectivity index (χ0v) is 17.5. The highest BCUT2D eigenvalue weighted by Crippen LogP contribution is 2.04. The smallest absolute Gasteiger partial charge is 0.270 e. The van der Waals surface area contributed by atoms with Gasteiger partial charge in [-0.1, -0.05) is 0 Å². The molecule has 2 atom stereocenters. The molecule has 2 unspecified atom stereocenters. The second kappa shape index (κ2) is 18.1.